The fourth-order valence-electron chi connectivity index (χ4n) is 1.19. The van der Waals surface area contributed by atoms with Gasteiger partial charge in [-0.1, -0.05) is 39.3 Å². The van der Waals surface area contributed by atoms with Crippen LogP contribution in [0, 0.1) is 0 Å². The van der Waals surface area contributed by atoms with Crippen LogP contribution in [0.3, 0.4) is 0 Å². The van der Waals surface area contributed by atoms with Gasteiger partial charge in [-0.2, -0.15) is 0 Å². The Kier molecular flexibility index (Phi) is 6.61. The van der Waals surface area contributed by atoms with E-state index in [1.165, 1.54) is 12.1 Å². The standard InChI is InChI=1S/C10H11F3O.C2H6/c1-2-4-8-5-3-6-9(7-8)14-10(11,12)13;1-2/h3,5-7H,2,4H2,1H3;1-2H3. The van der Waals surface area contributed by atoms with E-state index in [-0.39, 0.29) is 5.75 Å². The van der Waals surface area contributed by atoms with Gasteiger partial charge in [-0.25, -0.2) is 0 Å². The van der Waals surface area contributed by atoms with Crippen LogP contribution in [-0.2, 0) is 6.42 Å². The minimum Gasteiger partial charge on any atom is -0.406 e. The SMILES string of the molecule is CC.CCCc1cccc(OC(F)(F)F)c1. The Morgan fingerprint density at radius 2 is 1.81 bits per heavy atom. The molecule has 4 heteroatoms. The number of aryl methyl sites for hydroxylation is 1. The van der Waals surface area contributed by atoms with Gasteiger partial charge in [-0.05, 0) is 24.1 Å². The van der Waals surface area contributed by atoms with Crippen molar-refractivity contribution in [3.63, 3.8) is 0 Å². The van der Waals surface area contributed by atoms with E-state index in [1.54, 1.807) is 12.1 Å². The van der Waals surface area contributed by atoms with E-state index in [0.29, 0.717) is 0 Å². The molecule has 0 radical (unpaired) electrons. The van der Waals surface area contributed by atoms with Crippen molar-refractivity contribution in [3.05, 3.63) is 29.8 Å². The Morgan fingerprint density at radius 3 is 2.31 bits per heavy atom. The van der Waals surface area contributed by atoms with Gasteiger partial charge in [0.1, 0.15) is 5.75 Å². The first kappa shape index (κ1) is 14.8. The van der Waals surface area contributed by atoms with Crippen molar-refractivity contribution < 1.29 is 17.9 Å². The van der Waals surface area contributed by atoms with Crippen molar-refractivity contribution in [3.8, 4) is 5.75 Å². The number of hydrogen-bond acceptors (Lipinski definition) is 1. The van der Waals surface area contributed by atoms with Crippen molar-refractivity contribution in [1.29, 1.82) is 0 Å². The second kappa shape index (κ2) is 7.14. The molecule has 0 heterocycles. The number of ether oxygens (including phenoxy) is 1. The van der Waals surface area contributed by atoms with Crippen LogP contribution >= 0.6 is 0 Å². The molecule has 0 saturated heterocycles. The third-order valence-electron chi connectivity index (χ3n) is 1.67. The Morgan fingerprint density at radius 1 is 1.19 bits per heavy atom. The third-order valence-corrected chi connectivity index (χ3v) is 1.67. The molecule has 1 rings (SSSR count). The highest BCUT2D eigenvalue weighted by atomic mass is 19.4. The molecule has 0 atom stereocenters. The van der Waals surface area contributed by atoms with Gasteiger partial charge in [0.05, 0.1) is 0 Å². The van der Waals surface area contributed by atoms with Gasteiger partial charge in [-0.3, -0.25) is 0 Å². The summed E-state index contributed by atoms with van der Waals surface area (Å²) in [6, 6.07) is 6.06. The zero-order valence-corrected chi connectivity index (χ0v) is 9.77. The predicted molar refractivity (Wildman–Crippen MR) is 58.5 cm³/mol. The predicted octanol–water partition coefficient (Wildman–Crippen LogP) is 4.56. The molecule has 0 bridgehead atoms. The summed E-state index contributed by atoms with van der Waals surface area (Å²) in [7, 11) is 0. The maximum Gasteiger partial charge on any atom is 0.573 e. The van der Waals surface area contributed by atoms with Crippen LogP contribution in [0.15, 0.2) is 24.3 Å². The van der Waals surface area contributed by atoms with Crippen molar-refractivity contribution >= 4 is 0 Å². The number of alkyl halides is 3. The van der Waals surface area contributed by atoms with Crippen molar-refractivity contribution in [2.24, 2.45) is 0 Å². The van der Waals surface area contributed by atoms with E-state index in [0.717, 1.165) is 18.4 Å². The Bertz CT molecular complexity index is 295. The van der Waals surface area contributed by atoms with Crippen LogP contribution in [0.2, 0.25) is 0 Å². The molecule has 0 aliphatic heterocycles. The first-order valence-electron chi connectivity index (χ1n) is 5.36. The summed E-state index contributed by atoms with van der Waals surface area (Å²) in [5.74, 6) is -0.150. The number of rotatable bonds is 3. The first-order chi connectivity index (χ1) is 7.51. The van der Waals surface area contributed by atoms with E-state index in [4.69, 9.17) is 0 Å². The van der Waals surface area contributed by atoms with Crippen LogP contribution in [-0.4, -0.2) is 6.36 Å². The zero-order valence-electron chi connectivity index (χ0n) is 9.77. The molecular formula is C12H17F3O. The average Bonchev–Trinajstić information content (AvgIpc) is 2.19. The monoisotopic (exact) mass is 234 g/mol. The zero-order chi connectivity index (χ0) is 12.6. The molecule has 0 aromatic heterocycles. The van der Waals surface area contributed by atoms with E-state index < -0.39 is 6.36 Å². The number of hydrogen-bond donors (Lipinski definition) is 0. The summed E-state index contributed by atoms with van der Waals surface area (Å²) in [5, 5.41) is 0. The number of halogens is 3. The van der Waals surface area contributed by atoms with E-state index in [9.17, 15) is 13.2 Å². The van der Waals surface area contributed by atoms with Crippen molar-refractivity contribution in [2.75, 3.05) is 0 Å². The lowest BCUT2D eigenvalue weighted by Gasteiger charge is -2.09. The van der Waals surface area contributed by atoms with E-state index in [2.05, 4.69) is 4.74 Å². The smallest absolute Gasteiger partial charge is 0.406 e. The fraction of sp³-hybridized carbons (Fsp3) is 0.500. The second-order valence-corrected chi connectivity index (χ2v) is 2.95. The lowest BCUT2D eigenvalue weighted by molar-refractivity contribution is -0.274. The van der Waals surface area contributed by atoms with E-state index >= 15 is 0 Å². The van der Waals surface area contributed by atoms with Crippen molar-refractivity contribution in [1.82, 2.24) is 0 Å². The van der Waals surface area contributed by atoms with E-state index in [1.807, 2.05) is 20.8 Å². The number of benzene rings is 1. The molecular weight excluding hydrogens is 217 g/mol. The highest BCUT2D eigenvalue weighted by Crippen LogP contribution is 2.23. The van der Waals surface area contributed by atoms with Crippen LogP contribution in [0.5, 0.6) is 5.75 Å². The normalized spacial score (nSPS) is 10.4. The van der Waals surface area contributed by atoms with Gasteiger partial charge in [0.2, 0.25) is 0 Å². The summed E-state index contributed by atoms with van der Waals surface area (Å²) in [6.07, 6.45) is -2.95. The lowest BCUT2D eigenvalue weighted by atomic mass is 10.1. The maximum atomic E-state index is 11.8. The minimum atomic E-state index is -4.61. The van der Waals surface area contributed by atoms with Gasteiger partial charge in [0, 0.05) is 0 Å². The Labute approximate surface area is 94.2 Å². The molecule has 0 aliphatic carbocycles. The summed E-state index contributed by atoms with van der Waals surface area (Å²) in [4.78, 5) is 0. The van der Waals surface area contributed by atoms with Gasteiger partial charge in [0.15, 0.2) is 0 Å². The van der Waals surface area contributed by atoms with Gasteiger partial charge in [-0.15, -0.1) is 13.2 Å². The maximum absolute atomic E-state index is 11.8. The topological polar surface area (TPSA) is 9.23 Å². The molecule has 0 unspecified atom stereocenters. The molecule has 0 spiro atoms. The molecule has 16 heavy (non-hydrogen) atoms. The minimum absolute atomic E-state index is 0.150. The van der Waals surface area contributed by atoms with Crippen LogP contribution in [0.1, 0.15) is 32.8 Å². The summed E-state index contributed by atoms with van der Waals surface area (Å²) < 4.78 is 39.3. The van der Waals surface area contributed by atoms with Crippen LogP contribution in [0.25, 0.3) is 0 Å². The molecule has 0 aliphatic rings. The first-order valence-corrected chi connectivity index (χ1v) is 5.36. The highest BCUT2D eigenvalue weighted by molar-refractivity contribution is 5.28. The van der Waals surface area contributed by atoms with Gasteiger partial charge < -0.3 is 4.74 Å². The summed E-state index contributed by atoms with van der Waals surface area (Å²) in [6.45, 7) is 5.97. The molecule has 0 fully saturated rings. The van der Waals surface area contributed by atoms with Crippen LogP contribution < -0.4 is 4.74 Å². The summed E-state index contributed by atoms with van der Waals surface area (Å²) >= 11 is 0. The summed E-state index contributed by atoms with van der Waals surface area (Å²) in [5.41, 5.74) is 0.856. The van der Waals surface area contributed by atoms with Crippen molar-refractivity contribution in [2.45, 2.75) is 40.0 Å². The molecule has 1 aromatic rings. The molecule has 0 amide bonds. The molecule has 0 N–H and O–H groups in total. The quantitative estimate of drug-likeness (QED) is 0.744. The second-order valence-electron chi connectivity index (χ2n) is 2.95. The third kappa shape index (κ3) is 6.32. The van der Waals surface area contributed by atoms with Crippen LogP contribution in [0.4, 0.5) is 13.2 Å². The molecule has 1 nitrogen and oxygen atoms in total. The molecule has 92 valence electrons. The highest BCUT2D eigenvalue weighted by Gasteiger charge is 2.30. The molecule has 0 saturated carbocycles. The Balaban J connectivity index is 0.00000106. The largest absolute Gasteiger partial charge is 0.573 e. The molecule has 1 aromatic carbocycles. The van der Waals surface area contributed by atoms with Gasteiger partial charge >= 0.3 is 6.36 Å². The lowest BCUT2D eigenvalue weighted by Crippen LogP contribution is -2.17. The Hall–Kier alpha value is -1.19. The average molecular weight is 234 g/mol. The van der Waals surface area contributed by atoms with Gasteiger partial charge in [0.25, 0.3) is 0 Å². The fourth-order valence-corrected chi connectivity index (χ4v) is 1.19.